The molecule has 0 aliphatic carbocycles. The van der Waals surface area contributed by atoms with Gasteiger partial charge in [-0.25, -0.2) is 4.79 Å². The highest BCUT2D eigenvalue weighted by Gasteiger charge is 2.23. The fraction of sp³-hybridized carbons (Fsp3) is 0.643. The van der Waals surface area contributed by atoms with Gasteiger partial charge in [0.2, 0.25) is 0 Å². The molecule has 0 aromatic carbocycles. The summed E-state index contributed by atoms with van der Waals surface area (Å²) in [4.78, 5) is 17.1. The molecule has 2 N–H and O–H groups in total. The molecule has 1 aliphatic heterocycles. The first kappa shape index (κ1) is 15.1. The second-order valence-electron chi connectivity index (χ2n) is 5.21. The summed E-state index contributed by atoms with van der Waals surface area (Å²) in [6.45, 7) is 10.6. The number of nitrogens with zero attached hydrogens (tertiary/aromatic N) is 2. The van der Waals surface area contributed by atoms with Crippen LogP contribution in [0.2, 0.25) is 0 Å². The van der Waals surface area contributed by atoms with Gasteiger partial charge in [-0.15, -0.1) is 11.3 Å². The van der Waals surface area contributed by atoms with Crippen LogP contribution >= 0.6 is 11.3 Å². The second-order valence-corrected chi connectivity index (χ2v) is 6.24. The molecule has 112 valence electrons. The van der Waals surface area contributed by atoms with Gasteiger partial charge >= 0.3 is 5.97 Å². The molecule has 2 rings (SSSR count). The molecule has 1 aromatic heterocycles. The number of ether oxygens (including phenoxy) is 1. The molecule has 1 aromatic rings. The first-order valence-corrected chi connectivity index (χ1v) is 7.90. The fourth-order valence-electron chi connectivity index (χ4n) is 2.36. The highest BCUT2D eigenvalue weighted by atomic mass is 32.1. The van der Waals surface area contributed by atoms with Gasteiger partial charge in [-0.3, -0.25) is 4.90 Å². The molecule has 1 aliphatic rings. The lowest BCUT2D eigenvalue weighted by Crippen LogP contribution is -2.48. The number of anilines is 2. The van der Waals surface area contributed by atoms with Crippen molar-refractivity contribution in [2.45, 2.75) is 26.8 Å². The van der Waals surface area contributed by atoms with Crippen LogP contribution < -0.4 is 10.6 Å². The van der Waals surface area contributed by atoms with Gasteiger partial charge in [0.25, 0.3) is 0 Å². The van der Waals surface area contributed by atoms with Crippen LogP contribution in [0.3, 0.4) is 0 Å². The van der Waals surface area contributed by atoms with E-state index < -0.39 is 0 Å². The summed E-state index contributed by atoms with van der Waals surface area (Å²) in [7, 11) is 0. The molecule has 20 heavy (non-hydrogen) atoms. The topological polar surface area (TPSA) is 58.8 Å². The number of piperazine rings is 1. The summed E-state index contributed by atoms with van der Waals surface area (Å²) in [5.41, 5.74) is 6.45. The Hall–Kier alpha value is -1.27. The third-order valence-electron chi connectivity index (χ3n) is 3.56. The fourth-order valence-corrected chi connectivity index (χ4v) is 3.39. The van der Waals surface area contributed by atoms with Crippen molar-refractivity contribution < 1.29 is 9.53 Å². The quantitative estimate of drug-likeness (QED) is 0.862. The number of nitrogen functional groups attached to an aromatic ring is 1. The van der Waals surface area contributed by atoms with E-state index in [1.165, 1.54) is 11.3 Å². The molecular formula is C14H23N3O2S. The average molecular weight is 297 g/mol. The summed E-state index contributed by atoms with van der Waals surface area (Å²) in [6, 6.07) is 2.47. The maximum Gasteiger partial charge on any atom is 0.350 e. The van der Waals surface area contributed by atoms with Gasteiger partial charge < -0.3 is 15.4 Å². The minimum atomic E-state index is -0.318. The SMILES string of the molecule is CCOC(=O)c1sc(N2CCN(C(C)C)CC2)cc1N. The number of rotatable bonds is 4. The van der Waals surface area contributed by atoms with E-state index in [0.29, 0.717) is 23.2 Å². The van der Waals surface area contributed by atoms with Crippen LogP contribution in [0.4, 0.5) is 10.7 Å². The van der Waals surface area contributed by atoms with E-state index in [0.717, 1.165) is 31.2 Å². The number of carbonyl (C=O) groups is 1. The van der Waals surface area contributed by atoms with Crippen LogP contribution in [-0.2, 0) is 4.74 Å². The molecule has 0 spiro atoms. The molecule has 0 unspecified atom stereocenters. The third kappa shape index (κ3) is 3.24. The first-order chi connectivity index (χ1) is 9.52. The zero-order valence-corrected chi connectivity index (χ0v) is 13.2. The lowest BCUT2D eigenvalue weighted by Gasteiger charge is -2.37. The molecule has 0 amide bonds. The summed E-state index contributed by atoms with van der Waals surface area (Å²) in [5.74, 6) is -0.318. The molecule has 1 fully saturated rings. The van der Waals surface area contributed by atoms with Gasteiger partial charge in [-0.2, -0.15) is 0 Å². The maximum atomic E-state index is 11.8. The van der Waals surface area contributed by atoms with E-state index in [1.807, 2.05) is 6.07 Å². The van der Waals surface area contributed by atoms with Gasteiger partial charge in [0, 0.05) is 32.2 Å². The lowest BCUT2D eigenvalue weighted by atomic mass is 10.2. The van der Waals surface area contributed by atoms with Gasteiger partial charge in [-0.05, 0) is 26.8 Å². The van der Waals surface area contributed by atoms with Crippen LogP contribution in [0.5, 0.6) is 0 Å². The van der Waals surface area contributed by atoms with Crippen LogP contribution in [0, 0.1) is 0 Å². The van der Waals surface area contributed by atoms with Crippen molar-refractivity contribution in [1.29, 1.82) is 0 Å². The minimum Gasteiger partial charge on any atom is -0.462 e. The molecule has 2 heterocycles. The monoisotopic (exact) mass is 297 g/mol. The molecule has 0 bridgehead atoms. The summed E-state index contributed by atoms with van der Waals surface area (Å²) < 4.78 is 5.02. The number of nitrogens with two attached hydrogens (primary N) is 1. The van der Waals surface area contributed by atoms with Crippen molar-refractivity contribution in [3.05, 3.63) is 10.9 Å². The van der Waals surface area contributed by atoms with Gasteiger partial charge in [0.05, 0.1) is 17.3 Å². The summed E-state index contributed by atoms with van der Waals surface area (Å²) in [5, 5.41) is 1.06. The molecule has 0 radical (unpaired) electrons. The number of thiophene rings is 1. The summed E-state index contributed by atoms with van der Waals surface area (Å²) >= 11 is 1.43. The molecule has 1 saturated heterocycles. The first-order valence-electron chi connectivity index (χ1n) is 7.08. The van der Waals surface area contributed by atoms with Crippen molar-refractivity contribution in [1.82, 2.24) is 4.90 Å². The molecule has 0 saturated carbocycles. The van der Waals surface area contributed by atoms with Crippen molar-refractivity contribution >= 4 is 28.0 Å². The number of hydrogen-bond donors (Lipinski definition) is 1. The Morgan fingerprint density at radius 2 is 2.05 bits per heavy atom. The van der Waals surface area contributed by atoms with Crippen molar-refractivity contribution in [3.8, 4) is 0 Å². The number of hydrogen-bond acceptors (Lipinski definition) is 6. The van der Waals surface area contributed by atoms with Crippen LogP contribution in [0.1, 0.15) is 30.4 Å². The van der Waals surface area contributed by atoms with Crippen molar-refractivity contribution in [3.63, 3.8) is 0 Å². The maximum absolute atomic E-state index is 11.8. The standard InChI is InChI=1S/C14H23N3O2S/c1-4-19-14(18)13-11(15)9-12(20-13)17-7-5-16(6-8-17)10(2)3/h9-10H,4-8,15H2,1-3H3. The zero-order valence-electron chi connectivity index (χ0n) is 12.4. The normalized spacial score (nSPS) is 16.7. The van der Waals surface area contributed by atoms with Crippen molar-refractivity contribution in [2.75, 3.05) is 43.4 Å². The zero-order chi connectivity index (χ0) is 14.7. The Bertz CT molecular complexity index is 465. The number of carbonyl (C=O) groups excluding carboxylic acids is 1. The van der Waals surface area contributed by atoms with Crippen LogP contribution in [0.25, 0.3) is 0 Å². The van der Waals surface area contributed by atoms with E-state index >= 15 is 0 Å². The average Bonchev–Trinajstić information content (AvgIpc) is 2.81. The number of esters is 1. The molecular weight excluding hydrogens is 274 g/mol. The van der Waals surface area contributed by atoms with Gasteiger partial charge in [0.15, 0.2) is 0 Å². The van der Waals surface area contributed by atoms with Gasteiger partial charge in [-0.1, -0.05) is 0 Å². The Labute approximate surface area is 124 Å². The highest BCUT2D eigenvalue weighted by Crippen LogP contribution is 2.33. The van der Waals surface area contributed by atoms with E-state index in [2.05, 4.69) is 23.6 Å². The summed E-state index contributed by atoms with van der Waals surface area (Å²) in [6.07, 6.45) is 0. The Morgan fingerprint density at radius 1 is 1.40 bits per heavy atom. The largest absolute Gasteiger partial charge is 0.462 e. The smallest absolute Gasteiger partial charge is 0.350 e. The van der Waals surface area contributed by atoms with E-state index in [-0.39, 0.29) is 5.97 Å². The van der Waals surface area contributed by atoms with E-state index in [9.17, 15) is 4.79 Å². The van der Waals surface area contributed by atoms with Crippen LogP contribution in [0.15, 0.2) is 6.07 Å². The third-order valence-corrected chi connectivity index (χ3v) is 4.76. The van der Waals surface area contributed by atoms with Crippen LogP contribution in [-0.4, -0.2) is 49.7 Å². The molecule has 0 atom stereocenters. The Kier molecular flexibility index (Phi) is 4.88. The predicted octanol–water partition coefficient (Wildman–Crippen LogP) is 2.04. The molecule has 5 nitrogen and oxygen atoms in total. The minimum absolute atomic E-state index is 0.318. The molecule has 6 heteroatoms. The lowest BCUT2D eigenvalue weighted by molar-refractivity contribution is 0.0533. The second kappa shape index (κ2) is 6.45. The predicted molar refractivity (Wildman–Crippen MR) is 83.6 cm³/mol. The Balaban J connectivity index is 2.04. The van der Waals surface area contributed by atoms with E-state index in [4.69, 9.17) is 10.5 Å². The highest BCUT2D eigenvalue weighted by molar-refractivity contribution is 7.18. The van der Waals surface area contributed by atoms with Crippen molar-refractivity contribution in [2.24, 2.45) is 0 Å². The Morgan fingerprint density at radius 3 is 2.60 bits per heavy atom. The van der Waals surface area contributed by atoms with Gasteiger partial charge in [0.1, 0.15) is 4.88 Å². The van der Waals surface area contributed by atoms with E-state index in [1.54, 1.807) is 6.92 Å².